The van der Waals surface area contributed by atoms with Gasteiger partial charge in [-0.3, -0.25) is 15.1 Å². The molecule has 0 spiro atoms. The number of aliphatic hydroxyl groups is 1. The van der Waals surface area contributed by atoms with Crippen LogP contribution in [0.2, 0.25) is 5.02 Å². The molecular weight excluding hydrogens is 478 g/mol. The third-order valence-electron chi connectivity index (χ3n) is 4.38. The van der Waals surface area contributed by atoms with Gasteiger partial charge in [-0.1, -0.05) is 47.1 Å². The van der Waals surface area contributed by atoms with Gasteiger partial charge in [0.15, 0.2) is 0 Å². The van der Waals surface area contributed by atoms with Gasteiger partial charge < -0.3 is 20.0 Å². The van der Waals surface area contributed by atoms with Crippen LogP contribution >= 0.6 is 22.9 Å². The third kappa shape index (κ3) is 6.70. The number of pyridine rings is 1. The SMILES string of the molecule is COc1ccccc1C(/C=C/C(C)O)=C(/C=N)C(=O)Nc1nnc(OCc2ccc(Cl)cn2)s1. The van der Waals surface area contributed by atoms with Crippen LogP contribution < -0.4 is 14.8 Å². The van der Waals surface area contributed by atoms with Gasteiger partial charge in [0, 0.05) is 18.0 Å². The van der Waals surface area contributed by atoms with E-state index in [-0.39, 0.29) is 22.5 Å². The van der Waals surface area contributed by atoms with Crippen molar-refractivity contribution >= 4 is 45.8 Å². The number of nitrogens with one attached hydrogen (secondary N) is 2. The van der Waals surface area contributed by atoms with Crippen molar-refractivity contribution in [2.24, 2.45) is 0 Å². The Morgan fingerprint density at radius 1 is 1.29 bits per heavy atom. The van der Waals surface area contributed by atoms with Crippen molar-refractivity contribution in [2.45, 2.75) is 19.6 Å². The molecule has 0 aliphatic rings. The van der Waals surface area contributed by atoms with Crippen LogP contribution in [0, 0.1) is 5.41 Å². The van der Waals surface area contributed by atoms with Crippen LogP contribution in [0.1, 0.15) is 18.2 Å². The van der Waals surface area contributed by atoms with E-state index in [0.29, 0.717) is 27.6 Å². The number of amides is 1. The van der Waals surface area contributed by atoms with Gasteiger partial charge in [0.05, 0.1) is 29.5 Å². The number of methoxy groups -OCH3 is 1. The van der Waals surface area contributed by atoms with E-state index >= 15 is 0 Å². The van der Waals surface area contributed by atoms with Crippen molar-refractivity contribution in [2.75, 3.05) is 12.4 Å². The highest BCUT2D eigenvalue weighted by atomic mass is 35.5. The predicted octanol–water partition coefficient (Wildman–Crippen LogP) is 4.15. The maximum atomic E-state index is 13.0. The number of allylic oxidation sites excluding steroid dienone is 2. The van der Waals surface area contributed by atoms with Crippen molar-refractivity contribution in [3.8, 4) is 10.9 Å². The lowest BCUT2D eigenvalue weighted by molar-refractivity contribution is -0.112. The monoisotopic (exact) mass is 499 g/mol. The maximum absolute atomic E-state index is 13.0. The zero-order valence-corrected chi connectivity index (χ0v) is 19.9. The maximum Gasteiger partial charge on any atom is 0.296 e. The Labute approximate surface area is 205 Å². The molecule has 2 aromatic heterocycles. The molecular formula is C23H22ClN5O4S. The molecule has 3 N–H and O–H groups in total. The summed E-state index contributed by atoms with van der Waals surface area (Å²) in [5, 5.41) is 29.0. The molecule has 0 saturated carbocycles. The smallest absolute Gasteiger partial charge is 0.296 e. The van der Waals surface area contributed by atoms with E-state index in [1.807, 2.05) is 0 Å². The van der Waals surface area contributed by atoms with Crippen LogP contribution in [0.3, 0.4) is 0 Å². The van der Waals surface area contributed by atoms with E-state index < -0.39 is 12.0 Å². The lowest BCUT2D eigenvalue weighted by Gasteiger charge is -2.13. The van der Waals surface area contributed by atoms with Gasteiger partial charge in [0.1, 0.15) is 12.4 Å². The van der Waals surface area contributed by atoms with Gasteiger partial charge in [-0.05, 0) is 42.0 Å². The van der Waals surface area contributed by atoms with Crippen molar-refractivity contribution in [1.82, 2.24) is 15.2 Å². The number of carbonyl (C=O) groups is 1. The number of anilines is 1. The number of hydrogen-bond donors (Lipinski definition) is 3. The summed E-state index contributed by atoms with van der Waals surface area (Å²) < 4.78 is 11.0. The molecule has 0 saturated heterocycles. The fourth-order valence-electron chi connectivity index (χ4n) is 2.80. The summed E-state index contributed by atoms with van der Waals surface area (Å²) in [4.78, 5) is 17.2. The van der Waals surface area contributed by atoms with Crippen LogP contribution in [0.15, 0.2) is 60.3 Å². The Morgan fingerprint density at radius 3 is 2.76 bits per heavy atom. The summed E-state index contributed by atoms with van der Waals surface area (Å²) >= 11 is 6.86. The zero-order chi connectivity index (χ0) is 24.5. The Hall–Kier alpha value is -3.60. The van der Waals surface area contributed by atoms with Crippen LogP contribution in [-0.2, 0) is 11.4 Å². The molecule has 0 fully saturated rings. The first-order valence-electron chi connectivity index (χ1n) is 10.0. The molecule has 0 aliphatic heterocycles. The highest BCUT2D eigenvalue weighted by Gasteiger charge is 2.18. The summed E-state index contributed by atoms with van der Waals surface area (Å²) in [5.41, 5.74) is 1.70. The van der Waals surface area contributed by atoms with Gasteiger partial charge in [-0.15, -0.1) is 5.10 Å². The normalized spacial score (nSPS) is 12.7. The Bertz CT molecular complexity index is 1210. The van der Waals surface area contributed by atoms with E-state index in [9.17, 15) is 9.90 Å². The fraction of sp³-hybridized carbons (Fsp3) is 0.174. The summed E-state index contributed by atoms with van der Waals surface area (Å²) in [5.74, 6) is -0.0597. The standard InChI is InChI=1S/C23H22ClN5O4S/c1-14(30)7-10-17(18-5-3-4-6-20(18)32-2)19(11-25)21(31)27-22-28-29-23(34-22)33-13-16-9-8-15(24)12-26-16/h3-12,14,25,30H,13H2,1-2H3,(H,27,28,31)/b10-7+,19-17-,25-11?. The molecule has 0 radical (unpaired) electrons. The minimum atomic E-state index is -0.752. The summed E-state index contributed by atoms with van der Waals surface area (Å²) in [6, 6.07) is 10.5. The Morgan fingerprint density at radius 2 is 2.09 bits per heavy atom. The van der Waals surface area contributed by atoms with Crippen LogP contribution in [0.4, 0.5) is 5.13 Å². The average Bonchev–Trinajstić information content (AvgIpc) is 3.28. The van der Waals surface area contributed by atoms with Gasteiger partial charge in [-0.2, -0.15) is 0 Å². The zero-order valence-electron chi connectivity index (χ0n) is 18.4. The summed E-state index contributed by atoms with van der Waals surface area (Å²) in [6.07, 6.45) is 4.80. The highest BCUT2D eigenvalue weighted by Crippen LogP contribution is 2.30. The predicted molar refractivity (Wildman–Crippen MR) is 132 cm³/mol. The van der Waals surface area contributed by atoms with E-state index in [1.165, 1.54) is 19.4 Å². The molecule has 176 valence electrons. The molecule has 34 heavy (non-hydrogen) atoms. The van der Waals surface area contributed by atoms with Gasteiger partial charge >= 0.3 is 0 Å². The summed E-state index contributed by atoms with van der Waals surface area (Å²) in [6.45, 7) is 1.75. The molecule has 11 heteroatoms. The largest absolute Gasteiger partial charge is 0.496 e. The molecule has 3 rings (SSSR count). The second kappa shape index (κ2) is 12.0. The van der Waals surface area contributed by atoms with Gasteiger partial charge in [-0.25, -0.2) is 0 Å². The molecule has 0 bridgehead atoms. The molecule has 3 aromatic rings. The van der Waals surface area contributed by atoms with Crippen LogP contribution in [0.5, 0.6) is 10.9 Å². The Balaban J connectivity index is 1.82. The number of rotatable bonds is 10. The lowest BCUT2D eigenvalue weighted by Crippen LogP contribution is -2.16. The molecule has 1 atom stereocenters. The topological polar surface area (TPSA) is 130 Å². The third-order valence-corrected chi connectivity index (χ3v) is 5.35. The van der Waals surface area contributed by atoms with Crippen molar-refractivity contribution < 1.29 is 19.4 Å². The fourth-order valence-corrected chi connectivity index (χ4v) is 3.51. The number of ether oxygens (including phenoxy) is 2. The van der Waals surface area contributed by atoms with Crippen molar-refractivity contribution in [1.29, 1.82) is 5.41 Å². The van der Waals surface area contributed by atoms with Crippen molar-refractivity contribution in [3.05, 3.63) is 76.6 Å². The first kappa shape index (κ1) is 25.0. The van der Waals surface area contributed by atoms with Gasteiger partial charge in [0.25, 0.3) is 11.1 Å². The van der Waals surface area contributed by atoms with Gasteiger partial charge in [0.2, 0.25) is 5.13 Å². The van der Waals surface area contributed by atoms with Crippen LogP contribution in [0.25, 0.3) is 5.57 Å². The number of carbonyl (C=O) groups excluding carboxylic acids is 1. The first-order valence-corrected chi connectivity index (χ1v) is 11.2. The van der Waals surface area contributed by atoms with Crippen LogP contribution in [-0.4, -0.2) is 45.6 Å². The number of aromatic nitrogens is 3. The summed E-state index contributed by atoms with van der Waals surface area (Å²) in [7, 11) is 1.52. The number of benzene rings is 1. The second-order valence-corrected chi connectivity index (χ2v) is 8.23. The van der Waals surface area contributed by atoms with E-state index in [0.717, 1.165) is 17.6 Å². The number of para-hydroxylation sites is 1. The molecule has 1 aromatic carbocycles. The average molecular weight is 500 g/mol. The molecule has 9 nitrogen and oxygen atoms in total. The first-order chi connectivity index (χ1) is 16.4. The Kier molecular flexibility index (Phi) is 8.86. The lowest BCUT2D eigenvalue weighted by atomic mass is 9.97. The van der Waals surface area contributed by atoms with E-state index in [2.05, 4.69) is 20.5 Å². The highest BCUT2D eigenvalue weighted by molar-refractivity contribution is 7.17. The number of aliphatic hydroxyl groups excluding tert-OH is 1. The molecule has 1 amide bonds. The minimum Gasteiger partial charge on any atom is -0.496 e. The molecule has 2 heterocycles. The van der Waals surface area contributed by atoms with E-state index in [1.54, 1.807) is 49.4 Å². The number of nitrogens with zero attached hydrogens (tertiary/aromatic N) is 3. The second-order valence-electron chi connectivity index (χ2n) is 6.86. The number of hydrogen-bond acceptors (Lipinski definition) is 9. The quantitative estimate of drug-likeness (QED) is 0.217. The molecule has 0 aliphatic carbocycles. The minimum absolute atomic E-state index is 0.0458. The number of halogens is 1. The molecule has 1 unspecified atom stereocenters. The van der Waals surface area contributed by atoms with Crippen molar-refractivity contribution in [3.63, 3.8) is 0 Å². The van der Waals surface area contributed by atoms with E-state index in [4.69, 9.17) is 26.5 Å².